The van der Waals surface area contributed by atoms with E-state index in [1.807, 2.05) is 13.8 Å². The van der Waals surface area contributed by atoms with Gasteiger partial charge in [-0.25, -0.2) is 9.97 Å². The van der Waals surface area contributed by atoms with Crippen LogP contribution in [0.5, 0.6) is 0 Å². The normalized spacial score (nSPS) is 10.8. The number of aryl methyl sites for hydroxylation is 2. The van der Waals surface area contributed by atoms with Gasteiger partial charge in [0.05, 0.1) is 5.75 Å². The van der Waals surface area contributed by atoms with Crippen molar-refractivity contribution in [3.63, 3.8) is 0 Å². The van der Waals surface area contributed by atoms with Crippen molar-refractivity contribution in [2.24, 2.45) is 0 Å². The van der Waals surface area contributed by atoms with Crippen LogP contribution in [-0.2, 0) is 9.59 Å². The number of thiophene rings is 1. The van der Waals surface area contributed by atoms with Gasteiger partial charge in [-0.2, -0.15) is 0 Å². The average molecular weight is 325 g/mol. The summed E-state index contributed by atoms with van der Waals surface area (Å²) in [4.78, 5) is 34.2. The highest BCUT2D eigenvalue weighted by atomic mass is 32.2. The molecule has 0 fully saturated rings. The topological polar surface area (TPSA) is 83.4 Å². The number of hydrogen-bond donors (Lipinski definition) is 1. The van der Waals surface area contributed by atoms with Gasteiger partial charge in [0.2, 0.25) is 5.91 Å². The van der Waals surface area contributed by atoms with Gasteiger partial charge in [-0.05, 0) is 19.4 Å². The number of nitrogens with zero attached hydrogens (tertiary/aromatic N) is 3. The average Bonchev–Trinajstić information content (AvgIpc) is 2.71. The van der Waals surface area contributed by atoms with Crippen molar-refractivity contribution in [2.45, 2.75) is 18.9 Å². The first-order valence-corrected chi connectivity index (χ1v) is 7.99. The molecule has 0 spiro atoms. The Balaban J connectivity index is 2.14. The highest BCUT2D eigenvalue weighted by molar-refractivity contribution is 8.00. The number of carboxylic acid groups (broad SMARTS) is 1. The largest absolute Gasteiger partial charge is 0.480 e. The van der Waals surface area contributed by atoms with Crippen LogP contribution in [0, 0.1) is 13.8 Å². The highest BCUT2D eigenvalue weighted by Crippen LogP contribution is 2.34. The molecule has 0 radical (unpaired) electrons. The van der Waals surface area contributed by atoms with Crippen LogP contribution in [0.4, 0.5) is 0 Å². The Hall–Kier alpha value is -1.67. The van der Waals surface area contributed by atoms with Crippen LogP contribution in [0.3, 0.4) is 0 Å². The van der Waals surface area contributed by atoms with Crippen LogP contribution in [0.2, 0.25) is 0 Å². The zero-order chi connectivity index (χ0) is 15.6. The first-order chi connectivity index (χ1) is 9.90. The molecule has 2 heterocycles. The first-order valence-electron chi connectivity index (χ1n) is 6.19. The van der Waals surface area contributed by atoms with Crippen LogP contribution in [0.1, 0.15) is 10.4 Å². The summed E-state index contributed by atoms with van der Waals surface area (Å²) in [6, 6.07) is 0. The van der Waals surface area contributed by atoms with Gasteiger partial charge in [-0.15, -0.1) is 11.3 Å². The Labute approximate surface area is 130 Å². The van der Waals surface area contributed by atoms with Gasteiger partial charge >= 0.3 is 5.97 Å². The van der Waals surface area contributed by atoms with Crippen molar-refractivity contribution in [1.82, 2.24) is 14.9 Å². The van der Waals surface area contributed by atoms with Crippen molar-refractivity contribution in [3.05, 3.63) is 16.8 Å². The van der Waals surface area contributed by atoms with Gasteiger partial charge < -0.3 is 10.0 Å². The standard InChI is InChI=1S/C13H15N3O3S2/c1-7-8(2)21-13-11(7)12(14-6-15-13)20-5-9(17)16(3)4-10(18)19/h6H,4-5H2,1-3H3,(H,18,19). The maximum absolute atomic E-state index is 11.9. The van der Waals surface area contributed by atoms with Crippen molar-refractivity contribution in [3.8, 4) is 0 Å². The number of fused-ring (bicyclic) bond motifs is 1. The third-order valence-corrected chi connectivity index (χ3v) is 5.15. The number of likely N-dealkylation sites (N-methyl/N-ethyl adjacent to an activating group) is 1. The summed E-state index contributed by atoms with van der Waals surface area (Å²) < 4.78 is 0. The lowest BCUT2D eigenvalue weighted by molar-refractivity contribution is -0.142. The Morgan fingerprint density at radius 1 is 1.38 bits per heavy atom. The lowest BCUT2D eigenvalue weighted by Gasteiger charge is -2.13. The Morgan fingerprint density at radius 3 is 2.76 bits per heavy atom. The minimum atomic E-state index is -1.02. The number of carbonyl (C=O) groups excluding carboxylic acids is 1. The minimum Gasteiger partial charge on any atom is -0.480 e. The molecule has 0 aromatic carbocycles. The van der Waals surface area contributed by atoms with Gasteiger partial charge in [0.1, 0.15) is 22.7 Å². The fourth-order valence-electron chi connectivity index (χ4n) is 1.79. The molecule has 8 heteroatoms. The quantitative estimate of drug-likeness (QED) is 0.668. The van der Waals surface area contributed by atoms with Crippen molar-refractivity contribution >= 4 is 45.2 Å². The molecule has 1 N–H and O–H groups in total. The maximum Gasteiger partial charge on any atom is 0.323 e. The first kappa shape index (κ1) is 15.7. The highest BCUT2D eigenvalue weighted by Gasteiger charge is 2.16. The van der Waals surface area contributed by atoms with E-state index in [2.05, 4.69) is 9.97 Å². The van der Waals surface area contributed by atoms with Gasteiger partial charge in [0, 0.05) is 17.3 Å². The van der Waals surface area contributed by atoms with Crippen LogP contribution in [0.25, 0.3) is 10.2 Å². The summed E-state index contributed by atoms with van der Waals surface area (Å²) in [6.07, 6.45) is 1.49. The summed E-state index contributed by atoms with van der Waals surface area (Å²) in [7, 11) is 1.48. The second kappa shape index (κ2) is 6.40. The van der Waals surface area contributed by atoms with E-state index in [-0.39, 0.29) is 18.2 Å². The number of hydrogen-bond acceptors (Lipinski definition) is 6. The van der Waals surface area contributed by atoms with E-state index in [1.54, 1.807) is 11.3 Å². The minimum absolute atomic E-state index is 0.157. The summed E-state index contributed by atoms with van der Waals surface area (Å²) in [6.45, 7) is 3.75. The number of thioether (sulfide) groups is 1. The summed E-state index contributed by atoms with van der Waals surface area (Å²) >= 11 is 2.92. The molecule has 0 saturated heterocycles. The molecule has 0 unspecified atom stereocenters. The lowest BCUT2D eigenvalue weighted by Crippen LogP contribution is -2.33. The van der Waals surface area contributed by atoms with Gasteiger partial charge in [-0.3, -0.25) is 9.59 Å². The summed E-state index contributed by atoms with van der Waals surface area (Å²) in [5, 5.41) is 10.4. The maximum atomic E-state index is 11.9. The Bertz CT molecular complexity index is 699. The molecule has 1 amide bonds. The Morgan fingerprint density at radius 2 is 2.10 bits per heavy atom. The lowest BCUT2D eigenvalue weighted by atomic mass is 10.2. The van der Waals surface area contributed by atoms with E-state index in [4.69, 9.17) is 5.11 Å². The second-order valence-electron chi connectivity index (χ2n) is 4.57. The van der Waals surface area contributed by atoms with E-state index in [0.717, 1.165) is 20.8 Å². The fourth-order valence-corrected chi connectivity index (χ4v) is 3.85. The van der Waals surface area contributed by atoms with Crippen LogP contribution >= 0.6 is 23.1 Å². The molecule has 112 valence electrons. The molecule has 2 aromatic heterocycles. The van der Waals surface area contributed by atoms with Gasteiger partial charge in [-0.1, -0.05) is 11.8 Å². The predicted molar refractivity (Wildman–Crippen MR) is 82.9 cm³/mol. The number of rotatable bonds is 5. The van der Waals surface area contributed by atoms with Gasteiger partial charge in [0.25, 0.3) is 0 Å². The predicted octanol–water partition coefficient (Wildman–Crippen LogP) is 1.94. The molecule has 0 aliphatic rings. The number of amides is 1. The zero-order valence-electron chi connectivity index (χ0n) is 11.9. The van der Waals surface area contributed by atoms with E-state index in [9.17, 15) is 9.59 Å². The molecular weight excluding hydrogens is 310 g/mol. The van der Waals surface area contributed by atoms with E-state index in [1.165, 1.54) is 34.9 Å². The molecule has 0 atom stereocenters. The third kappa shape index (κ3) is 3.51. The van der Waals surface area contributed by atoms with Crippen LogP contribution in [0.15, 0.2) is 11.4 Å². The molecule has 0 bridgehead atoms. The van der Waals surface area contributed by atoms with Crippen molar-refractivity contribution in [1.29, 1.82) is 0 Å². The molecule has 6 nitrogen and oxygen atoms in total. The van der Waals surface area contributed by atoms with Crippen LogP contribution in [-0.4, -0.2) is 51.2 Å². The van der Waals surface area contributed by atoms with Crippen molar-refractivity contribution in [2.75, 3.05) is 19.3 Å². The molecule has 2 rings (SSSR count). The third-order valence-electron chi connectivity index (χ3n) is 3.06. The van der Waals surface area contributed by atoms with E-state index in [0.29, 0.717) is 0 Å². The Kier molecular flexibility index (Phi) is 4.79. The fraction of sp³-hybridized carbons (Fsp3) is 0.385. The van der Waals surface area contributed by atoms with Crippen LogP contribution < -0.4 is 0 Å². The zero-order valence-corrected chi connectivity index (χ0v) is 13.5. The molecule has 0 aliphatic carbocycles. The molecule has 2 aromatic rings. The second-order valence-corrected chi connectivity index (χ2v) is 6.74. The smallest absolute Gasteiger partial charge is 0.323 e. The number of carbonyl (C=O) groups is 2. The van der Waals surface area contributed by atoms with E-state index < -0.39 is 5.97 Å². The summed E-state index contributed by atoms with van der Waals surface area (Å²) in [5.41, 5.74) is 1.13. The molecule has 0 saturated carbocycles. The summed E-state index contributed by atoms with van der Waals surface area (Å²) in [5.74, 6) is -1.10. The molecule has 0 aliphatic heterocycles. The SMILES string of the molecule is Cc1sc2ncnc(SCC(=O)N(C)CC(=O)O)c2c1C. The number of aromatic nitrogens is 2. The van der Waals surface area contributed by atoms with Crippen molar-refractivity contribution < 1.29 is 14.7 Å². The number of carboxylic acids is 1. The number of aliphatic carboxylic acids is 1. The van der Waals surface area contributed by atoms with E-state index >= 15 is 0 Å². The molecular formula is C13H15N3O3S2. The molecule has 21 heavy (non-hydrogen) atoms. The van der Waals surface area contributed by atoms with Gasteiger partial charge in [0.15, 0.2) is 0 Å². The monoisotopic (exact) mass is 325 g/mol.